The maximum Gasteiger partial charge on any atom is 0.101 e. The average Bonchev–Trinajstić information content (AvgIpc) is 1.89. The lowest BCUT2D eigenvalue weighted by atomic mass is 10.3. The van der Waals surface area contributed by atoms with E-state index in [4.69, 9.17) is 5.26 Å². The molecule has 1 rings (SSSR count). The van der Waals surface area contributed by atoms with Crippen LogP contribution >= 0.6 is 9.24 Å². The van der Waals surface area contributed by atoms with Gasteiger partial charge in [-0.15, -0.1) is 0 Å². The van der Waals surface area contributed by atoms with Crippen molar-refractivity contribution in [2.24, 2.45) is 0 Å². The van der Waals surface area contributed by atoms with Crippen LogP contribution in [0, 0.1) is 11.3 Å². The van der Waals surface area contributed by atoms with Crippen LogP contribution < -0.4 is 5.44 Å². The third-order valence-electron chi connectivity index (χ3n) is 0.959. The third-order valence-corrected chi connectivity index (χ3v) is 1.42. The van der Waals surface area contributed by atoms with Gasteiger partial charge in [0.15, 0.2) is 0 Å². The molecule has 0 aromatic carbocycles. The standard InChI is InChI=1S/C6H5N2P/c7-4-5-2-1-3-8-6(5)9/h1-3H,9H2. The largest absolute Gasteiger partial charge is 0.256 e. The van der Waals surface area contributed by atoms with Gasteiger partial charge in [-0.25, -0.2) is 0 Å². The molecular formula is C6H5N2P. The first kappa shape index (κ1) is 6.19. The van der Waals surface area contributed by atoms with E-state index in [2.05, 4.69) is 14.2 Å². The number of pyridine rings is 1. The van der Waals surface area contributed by atoms with Gasteiger partial charge in [-0.1, -0.05) is 9.24 Å². The molecule has 0 spiro atoms. The summed E-state index contributed by atoms with van der Waals surface area (Å²) in [7, 11) is 2.40. The van der Waals surface area contributed by atoms with Gasteiger partial charge in [0.2, 0.25) is 0 Å². The normalized spacial score (nSPS) is 8.44. The van der Waals surface area contributed by atoms with E-state index in [0.29, 0.717) is 11.0 Å². The van der Waals surface area contributed by atoms with Crippen LogP contribution in [0.1, 0.15) is 5.56 Å². The van der Waals surface area contributed by atoms with E-state index in [9.17, 15) is 0 Å². The minimum Gasteiger partial charge on any atom is -0.256 e. The highest BCUT2D eigenvalue weighted by Gasteiger charge is 1.91. The summed E-state index contributed by atoms with van der Waals surface area (Å²) < 4.78 is 0. The van der Waals surface area contributed by atoms with Crippen molar-refractivity contribution >= 4 is 14.7 Å². The highest BCUT2D eigenvalue weighted by atomic mass is 31.0. The van der Waals surface area contributed by atoms with Crippen molar-refractivity contribution in [3.8, 4) is 6.07 Å². The molecular weight excluding hydrogens is 131 g/mol. The van der Waals surface area contributed by atoms with Gasteiger partial charge in [-0.2, -0.15) is 5.26 Å². The molecule has 1 heterocycles. The molecule has 44 valence electrons. The Morgan fingerprint density at radius 1 is 1.67 bits per heavy atom. The second-order valence-corrected chi connectivity index (χ2v) is 2.09. The van der Waals surface area contributed by atoms with Crippen LogP contribution in [0.5, 0.6) is 0 Å². The SMILES string of the molecule is N#Cc1cccnc1P. The first-order valence-corrected chi connectivity index (χ1v) is 3.03. The summed E-state index contributed by atoms with van der Waals surface area (Å²) >= 11 is 0. The lowest BCUT2D eigenvalue weighted by Gasteiger charge is -1.89. The first-order valence-electron chi connectivity index (χ1n) is 2.45. The minimum atomic E-state index is 0.613. The number of aromatic nitrogens is 1. The highest BCUT2D eigenvalue weighted by molar-refractivity contribution is 7.27. The van der Waals surface area contributed by atoms with Gasteiger partial charge >= 0.3 is 0 Å². The molecule has 0 aliphatic rings. The Morgan fingerprint density at radius 3 is 2.89 bits per heavy atom. The van der Waals surface area contributed by atoms with Crippen LogP contribution in [-0.2, 0) is 0 Å². The van der Waals surface area contributed by atoms with Crippen molar-refractivity contribution in [3.63, 3.8) is 0 Å². The van der Waals surface area contributed by atoms with Gasteiger partial charge < -0.3 is 0 Å². The van der Waals surface area contributed by atoms with Crippen molar-refractivity contribution in [2.45, 2.75) is 0 Å². The molecule has 0 bridgehead atoms. The fourth-order valence-electron chi connectivity index (χ4n) is 0.512. The van der Waals surface area contributed by atoms with Gasteiger partial charge in [-0.05, 0) is 12.1 Å². The summed E-state index contributed by atoms with van der Waals surface area (Å²) in [6.07, 6.45) is 1.66. The first-order chi connectivity index (χ1) is 4.34. The van der Waals surface area contributed by atoms with Gasteiger partial charge in [0.05, 0.1) is 11.0 Å². The molecule has 2 nitrogen and oxygen atoms in total. The Morgan fingerprint density at radius 2 is 2.44 bits per heavy atom. The maximum atomic E-state index is 8.42. The van der Waals surface area contributed by atoms with Crippen LogP contribution in [0.25, 0.3) is 0 Å². The monoisotopic (exact) mass is 136 g/mol. The van der Waals surface area contributed by atoms with E-state index in [1.165, 1.54) is 0 Å². The molecule has 9 heavy (non-hydrogen) atoms. The second kappa shape index (κ2) is 2.57. The average molecular weight is 136 g/mol. The topological polar surface area (TPSA) is 36.7 Å². The molecule has 0 aliphatic carbocycles. The molecule has 1 aromatic rings. The van der Waals surface area contributed by atoms with E-state index >= 15 is 0 Å². The van der Waals surface area contributed by atoms with E-state index in [1.54, 1.807) is 18.3 Å². The van der Waals surface area contributed by atoms with Gasteiger partial charge in [0.25, 0.3) is 0 Å². The molecule has 0 saturated heterocycles. The number of hydrogen-bond acceptors (Lipinski definition) is 2. The number of rotatable bonds is 0. The van der Waals surface area contributed by atoms with Crippen molar-refractivity contribution in [3.05, 3.63) is 23.9 Å². The molecule has 0 saturated carbocycles. The Balaban J connectivity index is 3.20. The lowest BCUT2D eigenvalue weighted by molar-refractivity contribution is 1.37. The Labute approximate surface area is 55.7 Å². The van der Waals surface area contributed by atoms with Crippen LogP contribution in [0.4, 0.5) is 0 Å². The minimum absolute atomic E-state index is 0.613. The molecule has 1 atom stereocenters. The molecule has 0 N–H and O–H groups in total. The fourth-order valence-corrected chi connectivity index (χ4v) is 0.759. The number of nitrogens with zero attached hydrogens (tertiary/aromatic N) is 2. The predicted octanol–water partition coefficient (Wildman–Crippen LogP) is 0.454. The molecule has 1 aromatic heterocycles. The van der Waals surface area contributed by atoms with Gasteiger partial charge in [0, 0.05) is 6.20 Å². The summed E-state index contributed by atoms with van der Waals surface area (Å²) in [6, 6.07) is 5.49. The van der Waals surface area contributed by atoms with Crippen LogP contribution in [0.15, 0.2) is 18.3 Å². The van der Waals surface area contributed by atoms with E-state index in [1.807, 2.05) is 6.07 Å². The second-order valence-electron chi connectivity index (χ2n) is 1.55. The molecule has 0 amide bonds. The Hall–Kier alpha value is -0.930. The van der Waals surface area contributed by atoms with Crippen LogP contribution in [0.2, 0.25) is 0 Å². The van der Waals surface area contributed by atoms with E-state index < -0.39 is 0 Å². The quantitative estimate of drug-likeness (QED) is 0.485. The fraction of sp³-hybridized carbons (Fsp3) is 0. The Kier molecular flexibility index (Phi) is 1.77. The summed E-state index contributed by atoms with van der Waals surface area (Å²) in [5.41, 5.74) is 1.32. The van der Waals surface area contributed by atoms with Crippen molar-refractivity contribution in [2.75, 3.05) is 0 Å². The summed E-state index contributed by atoms with van der Waals surface area (Å²) in [5.74, 6) is 0. The zero-order valence-electron chi connectivity index (χ0n) is 4.70. The molecule has 1 unspecified atom stereocenters. The molecule has 0 radical (unpaired) electrons. The Bertz CT molecular complexity index is 251. The number of hydrogen-bond donors (Lipinski definition) is 0. The molecule has 0 fully saturated rings. The van der Waals surface area contributed by atoms with Gasteiger partial charge in [0.1, 0.15) is 6.07 Å². The highest BCUT2D eigenvalue weighted by Crippen LogP contribution is 1.93. The summed E-state index contributed by atoms with van der Waals surface area (Å²) in [4.78, 5) is 3.89. The zero-order chi connectivity index (χ0) is 6.69. The van der Waals surface area contributed by atoms with Crippen LogP contribution in [0.3, 0.4) is 0 Å². The smallest absolute Gasteiger partial charge is 0.101 e. The van der Waals surface area contributed by atoms with Crippen molar-refractivity contribution in [1.82, 2.24) is 4.98 Å². The molecule has 0 aliphatic heterocycles. The zero-order valence-corrected chi connectivity index (χ0v) is 5.86. The van der Waals surface area contributed by atoms with Crippen molar-refractivity contribution in [1.29, 1.82) is 5.26 Å². The van der Waals surface area contributed by atoms with E-state index in [0.717, 1.165) is 0 Å². The maximum absolute atomic E-state index is 8.42. The summed E-state index contributed by atoms with van der Waals surface area (Å²) in [6.45, 7) is 0. The lowest BCUT2D eigenvalue weighted by Crippen LogP contribution is -2.00. The number of nitriles is 1. The van der Waals surface area contributed by atoms with Crippen LogP contribution in [-0.4, -0.2) is 4.98 Å². The third kappa shape index (κ3) is 1.25. The molecule has 3 heteroatoms. The summed E-state index contributed by atoms with van der Waals surface area (Å²) in [5, 5.41) is 8.42. The van der Waals surface area contributed by atoms with E-state index in [-0.39, 0.29) is 0 Å². The van der Waals surface area contributed by atoms with Gasteiger partial charge in [-0.3, -0.25) is 4.98 Å². The predicted molar refractivity (Wildman–Crippen MR) is 38.3 cm³/mol. The van der Waals surface area contributed by atoms with Crippen molar-refractivity contribution < 1.29 is 0 Å².